The second-order valence-corrected chi connectivity index (χ2v) is 7.80. The molecule has 3 rings (SSSR count). The second-order valence-electron chi connectivity index (χ2n) is 6.89. The number of hydrogen-bond donors (Lipinski definition) is 0. The number of aromatic nitrogens is 1. The fourth-order valence-corrected chi connectivity index (χ4v) is 4.43. The van der Waals surface area contributed by atoms with Gasteiger partial charge in [-0.05, 0) is 60.5 Å². The highest BCUT2D eigenvalue weighted by Gasteiger charge is 2.34. The van der Waals surface area contributed by atoms with Gasteiger partial charge < -0.3 is 9.47 Å². The van der Waals surface area contributed by atoms with Crippen LogP contribution in [-0.2, 0) is 0 Å². The monoisotopic (exact) mass is 352 g/mol. The SMILES string of the molecule is CC(C)n1cc(Br)cc1C(=O)N1CCC2CCCCC2C1. The number of amides is 1. The summed E-state index contributed by atoms with van der Waals surface area (Å²) >= 11 is 3.51. The number of likely N-dealkylation sites (tertiary alicyclic amines) is 1. The highest BCUT2D eigenvalue weighted by Crippen LogP contribution is 2.36. The highest BCUT2D eigenvalue weighted by molar-refractivity contribution is 9.10. The zero-order valence-corrected chi connectivity index (χ0v) is 14.6. The van der Waals surface area contributed by atoms with E-state index in [-0.39, 0.29) is 5.91 Å². The molecule has 0 radical (unpaired) electrons. The molecule has 1 aromatic heterocycles. The number of carbonyl (C=O) groups excluding carboxylic acids is 1. The van der Waals surface area contributed by atoms with Crippen LogP contribution in [0.1, 0.15) is 62.5 Å². The molecule has 2 heterocycles. The van der Waals surface area contributed by atoms with Crippen LogP contribution in [0.25, 0.3) is 0 Å². The Labute approximate surface area is 135 Å². The van der Waals surface area contributed by atoms with Gasteiger partial charge in [0.1, 0.15) is 5.69 Å². The smallest absolute Gasteiger partial charge is 0.270 e. The van der Waals surface area contributed by atoms with Crippen molar-refractivity contribution in [2.45, 2.75) is 52.0 Å². The fourth-order valence-electron chi connectivity index (χ4n) is 3.99. The molecule has 1 amide bonds. The molecular weight excluding hydrogens is 328 g/mol. The number of fused-ring (bicyclic) bond motifs is 1. The molecule has 2 atom stereocenters. The zero-order valence-electron chi connectivity index (χ0n) is 13.0. The summed E-state index contributed by atoms with van der Waals surface area (Å²) in [6.07, 6.45) is 8.63. The number of nitrogens with zero attached hydrogens (tertiary/aromatic N) is 2. The van der Waals surface area contributed by atoms with Gasteiger partial charge in [0.2, 0.25) is 0 Å². The van der Waals surface area contributed by atoms with E-state index in [0.717, 1.165) is 35.1 Å². The third-order valence-corrected chi connectivity index (χ3v) is 5.60. The Kier molecular flexibility index (Phi) is 4.43. The van der Waals surface area contributed by atoms with Crippen molar-refractivity contribution in [3.05, 3.63) is 22.4 Å². The lowest BCUT2D eigenvalue weighted by molar-refractivity contribution is 0.0510. The van der Waals surface area contributed by atoms with Crippen molar-refractivity contribution in [3.8, 4) is 0 Å². The van der Waals surface area contributed by atoms with E-state index in [1.807, 2.05) is 12.3 Å². The van der Waals surface area contributed by atoms with Crippen LogP contribution in [0.2, 0.25) is 0 Å². The maximum atomic E-state index is 12.9. The van der Waals surface area contributed by atoms with Crippen LogP contribution >= 0.6 is 15.9 Å². The molecule has 0 bridgehead atoms. The first-order valence-corrected chi connectivity index (χ1v) is 9.02. The molecule has 1 saturated heterocycles. The second kappa shape index (κ2) is 6.15. The molecule has 21 heavy (non-hydrogen) atoms. The van der Waals surface area contributed by atoms with Crippen molar-refractivity contribution < 1.29 is 4.79 Å². The third kappa shape index (κ3) is 3.05. The summed E-state index contributed by atoms with van der Waals surface area (Å²) in [5, 5.41) is 0. The van der Waals surface area contributed by atoms with Crippen LogP contribution in [0.4, 0.5) is 0 Å². The van der Waals surface area contributed by atoms with E-state index in [1.165, 1.54) is 32.1 Å². The van der Waals surface area contributed by atoms with Gasteiger partial charge in [0.15, 0.2) is 0 Å². The maximum Gasteiger partial charge on any atom is 0.270 e. The van der Waals surface area contributed by atoms with Gasteiger partial charge in [-0.25, -0.2) is 0 Å². The lowest BCUT2D eigenvalue weighted by Gasteiger charge is -2.41. The van der Waals surface area contributed by atoms with Gasteiger partial charge in [-0.3, -0.25) is 4.79 Å². The summed E-state index contributed by atoms with van der Waals surface area (Å²) in [5.74, 6) is 1.81. The summed E-state index contributed by atoms with van der Waals surface area (Å²) in [6, 6.07) is 2.28. The van der Waals surface area contributed by atoms with Crippen molar-refractivity contribution >= 4 is 21.8 Å². The van der Waals surface area contributed by atoms with Gasteiger partial charge in [-0.15, -0.1) is 0 Å². The van der Waals surface area contributed by atoms with E-state index < -0.39 is 0 Å². The van der Waals surface area contributed by atoms with Gasteiger partial charge in [0.25, 0.3) is 5.91 Å². The normalized spacial score (nSPS) is 26.0. The average molecular weight is 353 g/mol. The highest BCUT2D eigenvalue weighted by atomic mass is 79.9. The van der Waals surface area contributed by atoms with E-state index in [9.17, 15) is 4.79 Å². The van der Waals surface area contributed by atoms with Crippen molar-refractivity contribution in [3.63, 3.8) is 0 Å². The van der Waals surface area contributed by atoms with Gasteiger partial charge in [-0.2, -0.15) is 0 Å². The summed E-state index contributed by atoms with van der Waals surface area (Å²) in [7, 11) is 0. The Bertz CT molecular complexity index is 523. The van der Waals surface area contributed by atoms with Crippen LogP contribution in [0.3, 0.4) is 0 Å². The Balaban J connectivity index is 1.76. The quantitative estimate of drug-likeness (QED) is 0.769. The number of hydrogen-bond acceptors (Lipinski definition) is 1. The van der Waals surface area contributed by atoms with E-state index in [4.69, 9.17) is 0 Å². The largest absolute Gasteiger partial charge is 0.340 e. The molecule has 1 aliphatic heterocycles. The molecule has 116 valence electrons. The first kappa shape index (κ1) is 15.1. The Morgan fingerprint density at radius 1 is 1.24 bits per heavy atom. The van der Waals surface area contributed by atoms with Crippen molar-refractivity contribution in [1.82, 2.24) is 9.47 Å². The van der Waals surface area contributed by atoms with E-state index in [2.05, 4.69) is 39.2 Å². The molecule has 2 unspecified atom stereocenters. The summed E-state index contributed by atoms with van der Waals surface area (Å²) in [5.41, 5.74) is 0.825. The molecule has 3 nitrogen and oxygen atoms in total. The van der Waals surface area contributed by atoms with E-state index >= 15 is 0 Å². The van der Waals surface area contributed by atoms with Crippen LogP contribution in [0, 0.1) is 11.8 Å². The van der Waals surface area contributed by atoms with E-state index in [0.29, 0.717) is 6.04 Å². The maximum absolute atomic E-state index is 12.9. The molecule has 0 spiro atoms. The van der Waals surface area contributed by atoms with Crippen molar-refractivity contribution in [1.29, 1.82) is 0 Å². The molecule has 1 aliphatic carbocycles. The van der Waals surface area contributed by atoms with Crippen LogP contribution < -0.4 is 0 Å². The Hall–Kier alpha value is -0.770. The first-order valence-electron chi connectivity index (χ1n) is 8.23. The minimum Gasteiger partial charge on any atom is -0.340 e. The summed E-state index contributed by atoms with van der Waals surface area (Å²) in [6.45, 7) is 6.14. The predicted molar refractivity (Wildman–Crippen MR) is 88.5 cm³/mol. The zero-order chi connectivity index (χ0) is 15.0. The van der Waals surface area contributed by atoms with Crippen LogP contribution in [0.15, 0.2) is 16.7 Å². The van der Waals surface area contributed by atoms with Crippen LogP contribution in [-0.4, -0.2) is 28.5 Å². The predicted octanol–water partition coefficient (Wildman–Crippen LogP) is 4.48. The Morgan fingerprint density at radius 2 is 1.95 bits per heavy atom. The van der Waals surface area contributed by atoms with Gasteiger partial charge in [0.05, 0.1) is 0 Å². The minimum absolute atomic E-state index is 0.207. The molecule has 1 aromatic rings. The molecular formula is C17H25BrN2O. The number of piperidine rings is 1. The van der Waals surface area contributed by atoms with Crippen molar-refractivity contribution in [2.24, 2.45) is 11.8 Å². The number of halogens is 1. The summed E-state index contributed by atoms with van der Waals surface area (Å²) in [4.78, 5) is 15.0. The molecule has 0 aromatic carbocycles. The molecule has 1 saturated carbocycles. The Morgan fingerprint density at radius 3 is 2.67 bits per heavy atom. The number of carbonyl (C=O) groups is 1. The molecule has 2 aliphatic rings. The van der Waals surface area contributed by atoms with Gasteiger partial charge >= 0.3 is 0 Å². The fraction of sp³-hybridized carbons (Fsp3) is 0.706. The lowest BCUT2D eigenvalue weighted by atomic mass is 9.75. The summed E-state index contributed by atoms with van der Waals surface area (Å²) < 4.78 is 3.08. The molecule has 0 N–H and O–H groups in total. The van der Waals surface area contributed by atoms with Crippen molar-refractivity contribution in [2.75, 3.05) is 13.1 Å². The minimum atomic E-state index is 0.207. The van der Waals surface area contributed by atoms with E-state index in [1.54, 1.807) is 0 Å². The van der Waals surface area contributed by atoms with Gasteiger partial charge in [0, 0.05) is 29.8 Å². The number of rotatable bonds is 2. The first-order chi connectivity index (χ1) is 10.1. The average Bonchev–Trinajstić information content (AvgIpc) is 2.88. The molecule has 2 fully saturated rings. The molecule has 4 heteroatoms. The third-order valence-electron chi connectivity index (χ3n) is 5.17. The van der Waals surface area contributed by atoms with Crippen LogP contribution in [0.5, 0.6) is 0 Å². The topological polar surface area (TPSA) is 25.2 Å². The lowest BCUT2D eigenvalue weighted by Crippen LogP contribution is -2.45. The van der Waals surface area contributed by atoms with Gasteiger partial charge in [-0.1, -0.05) is 19.3 Å². The standard InChI is InChI=1S/C17H25BrN2O/c1-12(2)20-11-15(18)9-16(20)17(21)19-8-7-13-5-3-4-6-14(13)10-19/h9,11-14H,3-8,10H2,1-2H3.